The van der Waals surface area contributed by atoms with Gasteiger partial charge in [0.1, 0.15) is 6.04 Å². The van der Waals surface area contributed by atoms with Crippen LogP contribution in [-0.2, 0) is 4.79 Å². The summed E-state index contributed by atoms with van der Waals surface area (Å²) in [7, 11) is 0. The molecular weight excluding hydrogens is 160 g/mol. The van der Waals surface area contributed by atoms with Gasteiger partial charge in [0.05, 0.1) is 5.76 Å². The number of allylic oxidation sites excluding steroid dienone is 1. The average Bonchev–Trinajstić information content (AvgIpc) is 2.26. The van der Waals surface area contributed by atoms with Gasteiger partial charge in [-0.3, -0.25) is 10.1 Å². The van der Waals surface area contributed by atoms with Crippen LogP contribution in [0.2, 0.25) is 0 Å². The summed E-state index contributed by atoms with van der Waals surface area (Å²) in [6.07, 6.45) is 0.700. The standard InChI is InChI=1S/C7H10N2O3/c1-4(10)2-3-5-6(11)9-7(12)8-5/h5,10H,1-3H2,(H2,8,9,11,12). The fourth-order valence-electron chi connectivity index (χ4n) is 0.973. The lowest BCUT2D eigenvalue weighted by Gasteiger charge is -2.04. The minimum Gasteiger partial charge on any atom is -0.513 e. The van der Waals surface area contributed by atoms with Crippen molar-refractivity contribution in [3.05, 3.63) is 12.3 Å². The molecule has 5 nitrogen and oxygen atoms in total. The van der Waals surface area contributed by atoms with Crippen LogP contribution < -0.4 is 10.6 Å². The predicted molar refractivity (Wildman–Crippen MR) is 41.5 cm³/mol. The first-order valence-corrected chi connectivity index (χ1v) is 3.57. The first kappa shape index (κ1) is 8.58. The van der Waals surface area contributed by atoms with E-state index in [4.69, 9.17) is 5.11 Å². The first-order chi connectivity index (χ1) is 5.59. The molecule has 1 fully saturated rings. The van der Waals surface area contributed by atoms with E-state index in [9.17, 15) is 9.59 Å². The van der Waals surface area contributed by atoms with Crippen LogP contribution in [-0.4, -0.2) is 23.1 Å². The van der Waals surface area contributed by atoms with Crippen LogP contribution in [0.15, 0.2) is 12.3 Å². The fraction of sp³-hybridized carbons (Fsp3) is 0.429. The minimum atomic E-state index is -0.526. The molecule has 1 saturated heterocycles. The van der Waals surface area contributed by atoms with Crippen LogP contribution in [0.3, 0.4) is 0 Å². The van der Waals surface area contributed by atoms with Crippen LogP contribution in [0.5, 0.6) is 0 Å². The number of hydrogen-bond acceptors (Lipinski definition) is 3. The Hall–Kier alpha value is -1.52. The summed E-state index contributed by atoms with van der Waals surface area (Å²) in [5.41, 5.74) is 0. The van der Waals surface area contributed by atoms with Gasteiger partial charge in [-0.15, -0.1) is 0 Å². The van der Waals surface area contributed by atoms with Crippen LogP contribution in [0, 0.1) is 0 Å². The summed E-state index contributed by atoms with van der Waals surface area (Å²) in [6, 6.07) is -1.00. The van der Waals surface area contributed by atoms with Crippen LogP contribution >= 0.6 is 0 Å². The maximum absolute atomic E-state index is 10.9. The van der Waals surface area contributed by atoms with E-state index >= 15 is 0 Å². The molecule has 1 unspecified atom stereocenters. The number of nitrogens with one attached hydrogen (secondary N) is 2. The van der Waals surface area contributed by atoms with Crippen molar-refractivity contribution in [1.82, 2.24) is 10.6 Å². The maximum Gasteiger partial charge on any atom is 0.322 e. The lowest BCUT2D eigenvalue weighted by Crippen LogP contribution is -2.28. The molecule has 0 radical (unpaired) electrons. The zero-order valence-corrected chi connectivity index (χ0v) is 6.46. The van der Waals surface area contributed by atoms with Gasteiger partial charge in [-0.2, -0.15) is 0 Å². The van der Waals surface area contributed by atoms with Crippen molar-refractivity contribution < 1.29 is 14.7 Å². The minimum absolute atomic E-state index is 0.0175. The van der Waals surface area contributed by atoms with Crippen molar-refractivity contribution in [3.8, 4) is 0 Å². The highest BCUT2D eigenvalue weighted by Gasteiger charge is 2.28. The molecule has 1 aliphatic heterocycles. The molecule has 1 atom stereocenters. The molecule has 0 aliphatic carbocycles. The van der Waals surface area contributed by atoms with Gasteiger partial charge in [0.25, 0.3) is 5.91 Å². The largest absolute Gasteiger partial charge is 0.513 e. The van der Waals surface area contributed by atoms with Crippen molar-refractivity contribution in [2.45, 2.75) is 18.9 Å². The molecule has 3 amide bonds. The second-order valence-corrected chi connectivity index (χ2v) is 2.62. The fourth-order valence-corrected chi connectivity index (χ4v) is 0.973. The Morgan fingerprint density at radius 3 is 2.67 bits per heavy atom. The van der Waals surface area contributed by atoms with Gasteiger partial charge in [0, 0.05) is 6.42 Å². The summed E-state index contributed by atoms with van der Waals surface area (Å²) in [4.78, 5) is 21.5. The number of carbonyl (C=O) groups is 2. The van der Waals surface area contributed by atoms with Gasteiger partial charge in [-0.25, -0.2) is 4.79 Å². The van der Waals surface area contributed by atoms with Crippen molar-refractivity contribution in [1.29, 1.82) is 0 Å². The zero-order chi connectivity index (χ0) is 9.14. The highest BCUT2D eigenvalue weighted by molar-refractivity contribution is 6.04. The molecule has 0 aromatic carbocycles. The zero-order valence-electron chi connectivity index (χ0n) is 6.46. The number of amides is 3. The highest BCUT2D eigenvalue weighted by Crippen LogP contribution is 2.05. The Bertz CT molecular complexity index is 237. The van der Waals surface area contributed by atoms with Crippen LogP contribution in [0.1, 0.15) is 12.8 Å². The molecule has 1 aliphatic rings. The quantitative estimate of drug-likeness (QED) is 0.413. The molecule has 5 heteroatoms. The van der Waals surface area contributed by atoms with Crippen molar-refractivity contribution >= 4 is 11.9 Å². The van der Waals surface area contributed by atoms with Gasteiger partial charge < -0.3 is 10.4 Å². The lowest BCUT2D eigenvalue weighted by molar-refractivity contribution is -0.120. The van der Waals surface area contributed by atoms with E-state index in [2.05, 4.69) is 17.2 Å². The van der Waals surface area contributed by atoms with E-state index in [1.54, 1.807) is 0 Å². The van der Waals surface area contributed by atoms with Gasteiger partial charge in [-0.05, 0) is 6.42 Å². The van der Waals surface area contributed by atoms with Crippen LogP contribution in [0.25, 0.3) is 0 Å². The Morgan fingerprint density at radius 1 is 1.58 bits per heavy atom. The van der Waals surface area contributed by atoms with Crippen molar-refractivity contribution in [2.75, 3.05) is 0 Å². The number of carbonyl (C=O) groups excluding carboxylic acids is 2. The third-order valence-corrected chi connectivity index (χ3v) is 1.58. The number of imide groups is 1. The Labute approximate surface area is 69.5 Å². The molecule has 0 aromatic rings. The molecule has 3 N–H and O–H groups in total. The molecule has 66 valence electrons. The van der Waals surface area contributed by atoms with E-state index < -0.39 is 12.1 Å². The van der Waals surface area contributed by atoms with E-state index in [0.717, 1.165) is 0 Å². The summed E-state index contributed by atoms with van der Waals surface area (Å²) >= 11 is 0. The number of hydrogen-bond donors (Lipinski definition) is 3. The third kappa shape index (κ3) is 1.98. The number of aliphatic hydroxyl groups is 1. The maximum atomic E-state index is 10.9. The van der Waals surface area contributed by atoms with E-state index in [1.165, 1.54) is 0 Å². The number of urea groups is 1. The van der Waals surface area contributed by atoms with E-state index in [1.807, 2.05) is 0 Å². The normalized spacial score (nSPS) is 21.8. The summed E-state index contributed by atoms with van der Waals surface area (Å²) in [6.45, 7) is 3.27. The molecule has 1 rings (SSSR count). The van der Waals surface area contributed by atoms with Crippen LogP contribution in [0.4, 0.5) is 4.79 Å². The van der Waals surface area contributed by atoms with Crippen molar-refractivity contribution in [2.24, 2.45) is 0 Å². The first-order valence-electron chi connectivity index (χ1n) is 3.57. The molecule has 0 aromatic heterocycles. The molecular formula is C7H10N2O3. The summed E-state index contributed by atoms with van der Waals surface area (Å²) < 4.78 is 0. The second-order valence-electron chi connectivity index (χ2n) is 2.62. The molecule has 0 bridgehead atoms. The third-order valence-electron chi connectivity index (χ3n) is 1.58. The van der Waals surface area contributed by atoms with Gasteiger partial charge in [0.2, 0.25) is 0 Å². The van der Waals surface area contributed by atoms with Gasteiger partial charge >= 0.3 is 6.03 Å². The van der Waals surface area contributed by atoms with E-state index in [-0.39, 0.29) is 11.7 Å². The number of aliphatic hydroxyl groups excluding tert-OH is 1. The lowest BCUT2D eigenvalue weighted by atomic mass is 10.1. The SMILES string of the molecule is C=C(O)CCC1NC(=O)NC1=O. The van der Waals surface area contributed by atoms with E-state index in [0.29, 0.717) is 12.8 Å². The smallest absolute Gasteiger partial charge is 0.322 e. The monoisotopic (exact) mass is 170 g/mol. The highest BCUT2D eigenvalue weighted by atomic mass is 16.3. The second kappa shape index (κ2) is 3.25. The Kier molecular flexibility index (Phi) is 2.32. The van der Waals surface area contributed by atoms with Crippen molar-refractivity contribution in [3.63, 3.8) is 0 Å². The summed E-state index contributed by atoms with van der Waals surface area (Å²) in [5.74, 6) is -0.329. The predicted octanol–water partition coefficient (Wildman–Crippen LogP) is 0.0463. The Balaban J connectivity index is 2.38. The Morgan fingerprint density at radius 2 is 2.25 bits per heavy atom. The van der Waals surface area contributed by atoms with Gasteiger partial charge in [0.15, 0.2) is 0 Å². The molecule has 12 heavy (non-hydrogen) atoms. The number of rotatable bonds is 3. The molecule has 0 saturated carbocycles. The average molecular weight is 170 g/mol. The molecule has 1 heterocycles. The molecule has 0 spiro atoms. The topological polar surface area (TPSA) is 78.4 Å². The summed E-state index contributed by atoms with van der Waals surface area (Å²) in [5, 5.41) is 13.2. The van der Waals surface area contributed by atoms with Gasteiger partial charge in [-0.1, -0.05) is 6.58 Å².